The fraction of sp³-hybridized carbons (Fsp3) is 0.440. The van der Waals surface area contributed by atoms with E-state index in [2.05, 4.69) is 9.89 Å². The van der Waals surface area contributed by atoms with Gasteiger partial charge in [0.15, 0.2) is 0 Å². The van der Waals surface area contributed by atoms with Crippen molar-refractivity contribution in [2.45, 2.75) is 50.3 Å². The van der Waals surface area contributed by atoms with E-state index in [1.807, 2.05) is 25.1 Å². The van der Waals surface area contributed by atoms with E-state index in [4.69, 9.17) is 16.3 Å². The Morgan fingerprint density at radius 1 is 1.27 bits per heavy atom. The third-order valence-electron chi connectivity index (χ3n) is 5.57. The van der Waals surface area contributed by atoms with Gasteiger partial charge < -0.3 is 19.8 Å². The number of hydrogen-bond donors (Lipinski definition) is 2. The van der Waals surface area contributed by atoms with Gasteiger partial charge in [-0.25, -0.2) is 0 Å². The van der Waals surface area contributed by atoms with Crippen molar-refractivity contribution >= 4 is 35.0 Å². The predicted molar refractivity (Wildman–Crippen MR) is 131 cm³/mol. The Labute approximate surface area is 203 Å². The van der Waals surface area contributed by atoms with Crippen molar-refractivity contribution in [2.24, 2.45) is 11.1 Å². The van der Waals surface area contributed by atoms with E-state index in [1.54, 1.807) is 23.9 Å². The summed E-state index contributed by atoms with van der Waals surface area (Å²) in [5.74, 6) is 1.94. The molecule has 3 rings (SSSR count). The van der Waals surface area contributed by atoms with Crippen molar-refractivity contribution < 1.29 is 24.6 Å². The third kappa shape index (κ3) is 7.05. The van der Waals surface area contributed by atoms with E-state index in [1.165, 1.54) is 7.11 Å². The van der Waals surface area contributed by atoms with Crippen molar-refractivity contribution in [3.8, 4) is 11.5 Å². The van der Waals surface area contributed by atoms with Crippen LogP contribution in [-0.4, -0.2) is 41.5 Å². The summed E-state index contributed by atoms with van der Waals surface area (Å²) in [5, 5.41) is 24.0. The topological polar surface area (TPSA) is 88.4 Å². The highest BCUT2D eigenvalue weighted by Crippen LogP contribution is 2.40. The molecule has 0 unspecified atom stereocenters. The van der Waals surface area contributed by atoms with Crippen LogP contribution in [0.2, 0.25) is 5.02 Å². The molecule has 2 N–H and O–H groups in total. The van der Waals surface area contributed by atoms with Crippen LogP contribution in [-0.2, 0) is 22.4 Å². The van der Waals surface area contributed by atoms with Crippen LogP contribution in [0.5, 0.6) is 11.5 Å². The average molecular weight is 492 g/mol. The monoisotopic (exact) mass is 491 g/mol. The first-order valence-corrected chi connectivity index (χ1v) is 12.5. The summed E-state index contributed by atoms with van der Waals surface area (Å²) in [6, 6.07) is 9.22. The van der Waals surface area contributed by atoms with E-state index in [9.17, 15) is 15.1 Å². The molecule has 6 nitrogen and oxygen atoms in total. The molecule has 1 saturated carbocycles. The molecule has 0 bridgehead atoms. The molecule has 8 heteroatoms. The predicted octanol–water partition coefficient (Wildman–Crippen LogP) is 5.86. The van der Waals surface area contributed by atoms with E-state index in [0.717, 1.165) is 47.5 Å². The fourth-order valence-corrected chi connectivity index (χ4v) is 4.75. The number of ether oxygens (including phenoxy) is 2. The minimum Gasteiger partial charge on any atom is -0.507 e. The van der Waals surface area contributed by atoms with Crippen LogP contribution in [0.15, 0.2) is 40.4 Å². The number of hydrogen-bond acceptors (Lipinski definition) is 7. The van der Waals surface area contributed by atoms with E-state index >= 15 is 0 Å². The molecule has 0 atom stereocenters. The number of esters is 1. The molecule has 2 aromatic rings. The second-order valence-electron chi connectivity index (χ2n) is 8.05. The molecule has 0 heterocycles. The molecule has 0 amide bonds. The number of phenols is 1. The molecule has 0 aliphatic heterocycles. The lowest BCUT2D eigenvalue weighted by atomic mass is 9.98. The van der Waals surface area contributed by atoms with Crippen LogP contribution < -0.4 is 4.74 Å². The van der Waals surface area contributed by atoms with Gasteiger partial charge in [-0.2, -0.15) is 0 Å². The van der Waals surface area contributed by atoms with Gasteiger partial charge in [-0.05, 0) is 67.9 Å². The highest BCUT2D eigenvalue weighted by molar-refractivity contribution is 7.99. The Bertz CT molecular complexity index is 1010. The van der Waals surface area contributed by atoms with Crippen molar-refractivity contribution in [3.05, 3.63) is 52.0 Å². The van der Waals surface area contributed by atoms with E-state index < -0.39 is 0 Å². The number of aromatic hydroxyl groups is 1. The average Bonchev–Trinajstić information content (AvgIpc) is 3.63. The summed E-state index contributed by atoms with van der Waals surface area (Å²) < 4.78 is 10.7. The Kier molecular flexibility index (Phi) is 9.32. The van der Waals surface area contributed by atoms with Gasteiger partial charge in [-0.3, -0.25) is 4.79 Å². The quantitative estimate of drug-likeness (QED) is 0.0964. The summed E-state index contributed by atoms with van der Waals surface area (Å²) in [4.78, 5) is 12.4. The van der Waals surface area contributed by atoms with Crippen LogP contribution >= 0.6 is 23.4 Å². The Morgan fingerprint density at radius 2 is 2.06 bits per heavy atom. The number of carbonyl (C=O) groups is 1. The second-order valence-corrected chi connectivity index (χ2v) is 9.60. The summed E-state index contributed by atoms with van der Waals surface area (Å²) in [6.45, 7) is 2.40. The zero-order valence-electron chi connectivity index (χ0n) is 19.0. The van der Waals surface area contributed by atoms with Gasteiger partial charge in [0.2, 0.25) is 0 Å². The third-order valence-corrected chi connectivity index (χ3v) is 7.16. The minimum absolute atomic E-state index is 0.155. The Balaban J connectivity index is 1.56. The molecule has 0 radical (unpaired) electrons. The van der Waals surface area contributed by atoms with Crippen molar-refractivity contribution in [1.82, 2.24) is 0 Å². The van der Waals surface area contributed by atoms with Crippen LogP contribution in [0.3, 0.4) is 0 Å². The maximum absolute atomic E-state index is 11.4. The largest absolute Gasteiger partial charge is 0.507 e. The minimum atomic E-state index is -0.293. The molecule has 1 fully saturated rings. The zero-order chi connectivity index (χ0) is 23.8. The molecule has 33 heavy (non-hydrogen) atoms. The Morgan fingerprint density at radius 3 is 2.70 bits per heavy atom. The normalized spacial score (nSPS) is 13.7. The zero-order valence-corrected chi connectivity index (χ0v) is 20.5. The van der Waals surface area contributed by atoms with Gasteiger partial charge in [0, 0.05) is 21.8 Å². The van der Waals surface area contributed by atoms with Crippen LogP contribution in [0.25, 0.3) is 0 Å². The van der Waals surface area contributed by atoms with E-state index in [-0.39, 0.29) is 18.1 Å². The summed E-state index contributed by atoms with van der Waals surface area (Å²) in [6.07, 6.45) is 4.61. The number of nitrogens with zero attached hydrogens (tertiary/aromatic N) is 1. The van der Waals surface area contributed by atoms with Crippen LogP contribution in [0, 0.1) is 5.92 Å². The highest BCUT2D eigenvalue weighted by atomic mass is 35.5. The molecule has 0 saturated heterocycles. The first kappa shape index (κ1) is 25.2. The Hall–Kier alpha value is -2.38. The molecule has 178 valence electrons. The van der Waals surface area contributed by atoms with Crippen LogP contribution in [0.1, 0.15) is 49.3 Å². The highest BCUT2D eigenvalue weighted by Gasteiger charge is 2.26. The van der Waals surface area contributed by atoms with Gasteiger partial charge in [-0.1, -0.05) is 29.7 Å². The number of benzene rings is 2. The second kappa shape index (κ2) is 12.2. The molecule has 0 aromatic heterocycles. The number of thioether (sulfide) groups is 1. The van der Waals surface area contributed by atoms with Crippen LogP contribution in [0.4, 0.5) is 0 Å². The number of phenolic OH excluding ortho intramolecular Hbond substituents is 1. The first-order chi connectivity index (χ1) is 16.0. The summed E-state index contributed by atoms with van der Waals surface area (Å²) in [5.41, 5.74) is 2.63. The molecular weight excluding hydrogens is 462 g/mol. The number of carbonyl (C=O) groups excluding carboxylic acids is 1. The maximum atomic E-state index is 11.4. The number of oxime groups is 1. The fourth-order valence-electron chi connectivity index (χ4n) is 3.54. The maximum Gasteiger partial charge on any atom is 0.309 e. The molecule has 1 aliphatic rings. The molecule has 1 aliphatic carbocycles. The van der Waals surface area contributed by atoms with Gasteiger partial charge in [-0.15, -0.1) is 11.8 Å². The van der Waals surface area contributed by atoms with Gasteiger partial charge >= 0.3 is 5.97 Å². The van der Waals surface area contributed by atoms with Crippen molar-refractivity contribution in [2.75, 3.05) is 19.5 Å². The summed E-state index contributed by atoms with van der Waals surface area (Å²) >= 11 is 8.00. The van der Waals surface area contributed by atoms with Gasteiger partial charge in [0.05, 0.1) is 30.9 Å². The van der Waals surface area contributed by atoms with E-state index in [0.29, 0.717) is 41.0 Å². The number of methoxy groups -OCH3 is 1. The first-order valence-electron chi connectivity index (χ1n) is 11.1. The lowest BCUT2D eigenvalue weighted by molar-refractivity contribution is -0.139. The van der Waals surface area contributed by atoms with Crippen molar-refractivity contribution in [3.63, 3.8) is 0 Å². The lowest BCUT2D eigenvalue weighted by Crippen LogP contribution is -2.06. The number of rotatable bonds is 12. The molecular formula is C25H30ClNO5S. The SMILES string of the molecule is CCC(=NO)c1ccc(OCCCSc2ccc(CC(=O)OC)cc2Cl)c(CC2CC2)c1O. The van der Waals surface area contributed by atoms with Crippen molar-refractivity contribution in [1.29, 1.82) is 0 Å². The summed E-state index contributed by atoms with van der Waals surface area (Å²) in [7, 11) is 1.37. The van der Waals surface area contributed by atoms with Gasteiger partial charge in [0.25, 0.3) is 0 Å². The standard InChI is InChI=1S/C25H30ClNO5S/c1-3-21(27-30)18-8-9-22(19(25(18)29)13-16-5-6-16)32-11-4-12-33-23-10-7-17(14-20(23)26)15-24(28)31-2/h7-10,14,16,29-30H,3-6,11-13,15H2,1-2H3. The number of halogens is 1. The smallest absolute Gasteiger partial charge is 0.309 e. The lowest BCUT2D eigenvalue weighted by Gasteiger charge is -2.16. The molecule has 2 aromatic carbocycles. The van der Waals surface area contributed by atoms with Gasteiger partial charge in [0.1, 0.15) is 11.5 Å². The molecule has 0 spiro atoms.